The third-order valence-electron chi connectivity index (χ3n) is 1.34. The van der Waals surface area contributed by atoms with E-state index in [2.05, 4.69) is 27.7 Å². The van der Waals surface area contributed by atoms with Crippen LogP contribution in [0.5, 0.6) is 0 Å². The monoisotopic (exact) mass is 174 g/mol. The standard InChI is InChI=1S/C10H22O2/c1-9(2)8-11-6-5-7-12-10(3)4/h9-10H,5-8H2,1-4H3. The molecule has 0 heterocycles. The molecule has 0 aromatic rings. The zero-order valence-electron chi connectivity index (χ0n) is 8.80. The van der Waals surface area contributed by atoms with E-state index in [4.69, 9.17) is 9.47 Å². The van der Waals surface area contributed by atoms with Crippen molar-refractivity contribution >= 4 is 0 Å². The van der Waals surface area contributed by atoms with Crippen LogP contribution in [0.4, 0.5) is 0 Å². The first-order valence-electron chi connectivity index (χ1n) is 4.82. The largest absolute Gasteiger partial charge is 0.381 e. The molecule has 0 rings (SSSR count). The predicted molar refractivity (Wildman–Crippen MR) is 51.4 cm³/mol. The summed E-state index contributed by atoms with van der Waals surface area (Å²) in [5.41, 5.74) is 0. The van der Waals surface area contributed by atoms with Gasteiger partial charge in [0.25, 0.3) is 0 Å². The lowest BCUT2D eigenvalue weighted by Crippen LogP contribution is -2.08. The molecule has 12 heavy (non-hydrogen) atoms. The van der Waals surface area contributed by atoms with Crippen molar-refractivity contribution in [2.45, 2.75) is 40.2 Å². The topological polar surface area (TPSA) is 18.5 Å². The fourth-order valence-corrected chi connectivity index (χ4v) is 0.799. The van der Waals surface area contributed by atoms with Gasteiger partial charge in [0.2, 0.25) is 0 Å². The summed E-state index contributed by atoms with van der Waals surface area (Å²) in [6, 6.07) is 0. The summed E-state index contributed by atoms with van der Waals surface area (Å²) in [5, 5.41) is 0. The van der Waals surface area contributed by atoms with Gasteiger partial charge in [-0.3, -0.25) is 0 Å². The van der Waals surface area contributed by atoms with Crippen LogP contribution in [0.25, 0.3) is 0 Å². The van der Waals surface area contributed by atoms with Crippen molar-refractivity contribution in [3.8, 4) is 0 Å². The highest BCUT2D eigenvalue weighted by molar-refractivity contribution is 4.42. The molecule has 0 aliphatic rings. The Balaban J connectivity index is 2.91. The normalized spacial score (nSPS) is 11.5. The van der Waals surface area contributed by atoms with Crippen LogP contribution in [0, 0.1) is 5.92 Å². The molecular weight excluding hydrogens is 152 g/mol. The molecule has 0 aliphatic heterocycles. The van der Waals surface area contributed by atoms with Crippen molar-refractivity contribution in [2.75, 3.05) is 19.8 Å². The first kappa shape index (κ1) is 11.9. The summed E-state index contributed by atoms with van der Waals surface area (Å²) in [5.74, 6) is 0.635. The maximum absolute atomic E-state index is 5.40. The zero-order chi connectivity index (χ0) is 9.40. The van der Waals surface area contributed by atoms with Gasteiger partial charge in [-0.25, -0.2) is 0 Å². The zero-order valence-corrected chi connectivity index (χ0v) is 8.80. The Bertz CT molecular complexity index is 77.8. The van der Waals surface area contributed by atoms with Gasteiger partial charge in [-0.05, 0) is 26.2 Å². The van der Waals surface area contributed by atoms with Gasteiger partial charge >= 0.3 is 0 Å². The van der Waals surface area contributed by atoms with Gasteiger partial charge in [0.15, 0.2) is 0 Å². The van der Waals surface area contributed by atoms with Gasteiger partial charge in [0.1, 0.15) is 0 Å². The summed E-state index contributed by atoms with van der Waals surface area (Å²) in [6.45, 7) is 10.9. The molecule has 2 nitrogen and oxygen atoms in total. The molecule has 0 aromatic heterocycles. The molecule has 0 bridgehead atoms. The predicted octanol–water partition coefficient (Wildman–Crippen LogP) is 2.47. The summed E-state index contributed by atoms with van der Waals surface area (Å²) in [4.78, 5) is 0. The summed E-state index contributed by atoms with van der Waals surface area (Å²) < 4.78 is 10.8. The molecular formula is C10H22O2. The van der Waals surface area contributed by atoms with Crippen molar-refractivity contribution in [3.05, 3.63) is 0 Å². The second-order valence-corrected chi connectivity index (χ2v) is 3.74. The van der Waals surface area contributed by atoms with Gasteiger partial charge in [-0.15, -0.1) is 0 Å². The van der Waals surface area contributed by atoms with Crippen LogP contribution in [0.3, 0.4) is 0 Å². The first-order valence-corrected chi connectivity index (χ1v) is 4.82. The van der Waals surface area contributed by atoms with Crippen molar-refractivity contribution in [1.82, 2.24) is 0 Å². The molecule has 0 saturated carbocycles. The average molecular weight is 174 g/mol. The number of hydrogen-bond acceptors (Lipinski definition) is 2. The quantitative estimate of drug-likeness (QED) is 0.552. The lowest BCUT2D eigenvalue weighted by Gasteiger charge is -2.08. The molecule has 0 saturated heterocycles. The Morgan fingerprint density at radius 2 is 1.67 bits per heavy atom. The van der Waals surface area contributed by atoms with Crippen LogP contribution < -0.4 is 0 Å². The molecule has 0 fully saturated rings. The second kappa shape index (κ2) is 7.56. The number of rotatable bonds is 7. The molecule has 2 heteroatoms. The van der Waals surface area contributed by atoms with E-state index in [1.54, 1.807) is 0 Å². The van der Waals surface area contributed by atoms with Gasteiger partial charge in [0.05, 0.1) is 6.10 Å². The van der Waals surface area contributed by atoms with Crippen molar-refractivity contribution < 1.29 is 9.47 Å². The van der Waals surface area contributed by atoms with E-state index in [9.17, 15) is 0 Å². The van der Waals surface area contributed by atoms with Crippen LogP contribution in [0.2, 0.25) is 0 Å². The molecule has 0 radical (unpaired) electrons. The lowest BCUT2D eigenvalue weighted by atomic mass is 10.2. The second-order valence-electron chi connectivity index (χ2n) is 3.74. The minimum atomic E-state index is 0.343. The van der Waals surface area contributed by atoms with E-state index >= 15 is 0 Å². The number of hydrogen-bond donors (Lipinski definition) is 0. The Hall–Kier alpha value is -0.0800. The van der Waals surface area contributed by atoms with Crippen LogP contribution >= 0.6 is 0 Å². The van der Waals surface area contributed by atoms with Crippen LogP contribution in [0.15, 0.2) is 0 Å². The SMILES string of the molecule is CC(C)COCCCOC(C)C. The first-order chi connectivity index (χ1) is 5.63. The van der Waals surface area contributed by atoms with Gasteiger partial charge < -0.3 is 9.47 Å². The Labute approximate surface area is 76.3 Å². The van der Waals surface area contributed by atoms with Crippen LogP contribution in [-0.2, 0) is 9.47 Å². The summed E-state index contributed by atoms with van der Waals surface area (Å²) in [7, 11) is 0. The smallest absolute Gasteiger partial charge is 0.0518 e. The lowest BCUT2D eigenvalue weighted by molar-refractivity contribution is 0.0458. The minimum Gasteiger partial charge on any atom is -0.381 e. The van der Waals surface area contributed by atoms with E-state index in [-0.39, 0.29) is 0 Å². The number of ether oxygens (including phenoxy) is 2. The maximum atomic E-state index is 5.40. The van der Waals surface area contributed by atoms with Gasteiger partial charge in [0, 0.05) is 19.8 Å². The highest BCUT2D eigenvalue weighted by Gasteiger charge is 1.95. The average Bonchev–Trinajstić information content (AvgIpc) is 1.95. The van der Waals surface area contributed by atoms with E-state index in [0.717, 1.165) is 26.2 Å². The van der Waals surface area contributed by atoms with Crippen molar-refractivity contribution in [2.24, 2.45) is 5.92 Å². The minimum absolute atomic E-state index is 0.343. The van der Waals surface area contributed by atoms with Crippen LogP contribution in [0.1, 0.15) is 34.1 Å². The molecule has 0 atom stereocenters. The van der Waals surface area contributed by atoms with Gasteiger partial charge in [-0.1, -0.05) is 13.8 Å². The van der Waals surface area contributed by atoms with E-state index in [1.807, 2.05) is 0 Å². The van der Waals surface area contributed by atoms with E-state index in [1.165, 1.54) is 0 Å². The Kier molecular flexibility index (Phi) is 7.51. The fraction of sp³-hybridized carbons (Fsp3) is 1.00. The summed E-state index contributed by atoms with van der Waals surface area (Å²) in [6.07, 6.45) is 1.35. The molecule has 74 valence electrons. The Morgan fingerprint density at radius 3 is 2.17 bits per heavy atom. The third-order valence-corrected chi connectivity index (χ3v) is 1.34. The summed E-state index contributed by atoms with van der Waals surface area (Å²) >= 11 is 0. The fourth-order valence-electron chi connectivity index (χ4n) is 0.799. The third kappa shape index (κ3) is 9.92. The van der Waals surface area contributed by atoms with Crippen molar-refractivity contribution in [3.63, 3.8) is 0 Å². The van der Waals surface area contributed by atoms with Crippen LogP contribution in [-0.4, -0.2) is 25.9 Å². The Morgan fingerprint density at radius 1 is 1.00 bits per heavy atom. The molecule has 0 unspecified atom stereocenters. The molecule has 0 spiro atoms. The molecule has 0 amide bonds. The molecule has 0 aromatic carbocycles. The van der Waals surface area contributed by atoms with E-state index in [0.29, 0.717) is 12.0 Å². The van der Waals surface area contributed by atoms with Crippen molar-refractivity contribution in [1.29, 1.82) is 0 Å². The van der Waals surface area contributed by atoms with E-state index < -0.39 is 0 Å². The highest BCUT2D eigenvalue weighted by atomic mass is 16.5. The van der Waals surface area contributed by atoms with Gasteiger partial charge in [-0.2, -0.15) is 0 Å². The molecule has 0 N–H and O–H groups in total. The maximum Gasteiger partial charge on any atom is 0.0518 e. The molecule has 0 aliphatic carbocycles. The highest BCUT2D eigenvalue weighted by Crippen LogP contribution is 1.95.